The second-order valence-electron chi connectivity index (χ2n) is 10.7. The van der Waals surface area contributed by atoms with E-state index in [0.717, 1.165) is 28.5 Å². The molecule has 1 amide bonds. The topological polar surface area (TPSA) is 68.7 Å². The van der Waals surface area contributed by atoms with Gasteiger partial charge in [-0.25, -0.2) is 4.79 Å². The molecule has 1 unspecified atom stereocenters. The number of hydrogen-bond acceptors (Lipinski definition) is 5. The Labute approximate surface area is 208 Å². The standard InChI is InChI=1S/C28H34N2O4Si/c1-28(2,3)35(5,6)34-22-14-16-30(18-22)26(31)21-11-12-25-24(17-21)23(13-15-29-25)19-7-9-20(10-8-19)27(32)33-4/h7-13,15,17,22H,14,16,18H2,1-6H3. The average Bonchev–Trinajstić information content (AvgIpc) is 3.29. The van der Waals surface area contributed by atoms with Crippen molar-refractivity contribution < 1.29 is 18.8 Å². The maximum absolute atomic E-state index is 13.4. The van der Waals surface area contributed by atoms with Gasteiger partial charge in [0.15, 0.2) is 8.32 Å². The molecule has 7 heteroatoms. The summed E-state index contributed by atoms with van der Waals surface area (Å²) in [6, 6.07) is 14.9. The highest BCUT2D eigenvalue weighted by atomic mass is 28.4. The van der Waals surface area contributed by atoms with E-state index in [2.05, 4.69) is 38.8 Å². The van der Waals surface area contributed by atoms with Crippen LogP contribution in [-0.4, -0.2) is 56.4 Å². The third-order valence-electron chi connectivity index (χ3n) is 7.31. The molecular formula is C28H34N2O4Si. The first kappa shape index (κ1) is 25.1. The number of methoxy groups -OCH3 is 1. The average molecular weight is 491 g/mol. The summed E-state index contributed by atoms with van der Waals surface area (Å²) < 4.78 is 11.4. The van der Waals surface area contributed by atoms with Gasteiger partial charge in [0, 0.05) is 30.2 Å². The highest BCUT2D eigenvalue weighted by Crippen LogP contribution is 2.38. The Morgan fingerprint density at radius 1 is 1.03 bits per heavy atom. The fraction of sp³-hybridized carbons (Fsp3) is 0.393. The lowest BCUT2D eigenvalue weighted by Crippen LogP contribution is -2.44. The van der Waals surface area contributed by atoms with E-state index in [9.17, 15) is 9.59 Å². The largest absolute Gasteiger partial charge is 0.465 e. The molecule has 1 aliphatic rings. The molecule has 0 spiro atoms. The Morgan fingerprint density at radius 2 is 1.71 bits per heavy atom. The Bertz CT molecular complexity index is 1250. The molecule has 0 bridgehead atoms. The monoisotopic (exact) mass is 490 g/mol. The molecule has 1 aliphatic heterocycles. The highest BCUT2D eigenvalue weighted by Gasteiger charge is 2.41. The number of hydrogen-bond donors (Lipinski definition) is 0. The number of carbonyl (C=O) groups is 2. The van der Waals surface area contributed by atoms with Crippen molar-refractivity contribution in [1.82, 2.24) is 9.88 Å². The second-order valence-corrected chi connectivity index (χ2v) is 15.5. The van der Waals surface area contributed by atoms with Crippen LogP contribution in [0, 0.1) is 0 Å². The van der Waals surface area contributed by atoms with Gasteiger partial charge in [0.25, 0.3) is 5.91 Å². The molecule has 0 saturated carbocycles. The van der Waals surface area contributed by atoms with Gasteiger partial charge >= 0.3 is 5.97 Å². The first-order valence-electron chi connectivity index (χ1n) is 12.0. The van der Waals surface area contributed by atoms with Gasteiger partial charge in [-0.15, -0.1) is 0 Å². The van der Waals surface area contributed by atoms with Gasteiger partial charge in [-0.05, 0) is 72.1 Å². The summed E-state index contributed by atoms with van der Waals surface area (Å²) in [4.78, 5) is 31.6. The van der Waals surface area contributed by atoms with Gasteiger partial charge in [0.05, 0.1) is 24.3 Å². The van der Waals surface area contributed by atoms with Crippen LogP contribution in [0.3, 0.4) is 0 Å². The molecule has 1 saturated heterocycles. The third-order valence-corrected chi connectivity index (χ3v) is 11.8. The molecule has 1 aromatic heterocycles. The van der Waals surface area contributed by atoms with Crippen LogP contribution >= 0.6 is 0 Å². The summed E-state index contributed by atoms with van der Waals surface area (Å²) in [6.45, 7) is 12.5. The Hall–Kier alpha value is -3.03. The fourth-order valence-electron chi connectivity index (χ4n) is 4.22. The summed E-state index contributed by atoms with van der Waals surface area (Å²) >= 11 is 0. The van der Waals surface area contributed by atoms with Gasteiger partial charge in [0.1, 0.15) is 0 Å². The fourth-order valence-corrected chi connectivity index (χ4v) is 5.60. The van der Waals surface area contributed by atoms with E-state index in [-0.39, 0.29) is 23.0 Å². The van der Waals surface area contributed by atoms with Crippen molar-refractivity contribution in [3.8, 4) is 11.1 Å². The number of pyridine rings is 1. The summed E-state index contributed by atoms with van der Waals surface area (Å²) in [5, 5.41) is 1.04. The predicted octanol–water partition coefficient (Wildman–Crippen LogP) is 5.92. The van der Waals surface area contributed by atoms with Crippen LogP contribution in [0.25, 0.3) is 22.0 Å². The molecular weight excluding hydrogens is 456 g/mol. The SMILES string of the molecule is COC(=O)c1ccc(-c2ccnc3ccc(C(=O)N4CCC(O[Si](C)(C)C(C)(C)C)C4)cc23)cc1. The quantitative estimate of drug-likeness (QED) is 0.328. The minimum absolute atomic E-state index is 0.0177. The van der Waals surface area contributed by atoms with Gasteiger partial charge in [-0.3, -0.25) is 9.78 Å². The minimum atomic E-state index is -1.88. The molecule has 1 fully saturated rings. The van der Waals surface area contributed by atoms with E-state index in [4.69, 9.17) is 9.16 Å². The van der Waals surface area contributed by atoms with Crippen molar-refractivity contribution in [1.29, 1.82) is 0 Å². The molecule has 2 aromatic carbocycles. The maximum atomic E-state index is 13.4. The Kier molecular flexibility index (Phi) is 6.84. The van der Waals surface area contributed by atoms with E-state index in [1.165, 1.54) is 7.11 Å². The molecule has 0 N–H and O–H groups in total. The van der Waals surface area contributed by atoms with Crippen molar-refractivity contribution in [2.45, 2.75) is 51.4 Å². The number of carbonyl (C=O) groups excluding carboxylic acids is 2. The van der Waals surface area contributed by atoms with Crippen LogP contribution in [-0.2, 0) is 9.16 Å². The Morgan fingerprint density at radius 3 is 2.37 bits per heavy atom. The van der Waals surface area contributed by atoms with Crippen molar-refractivity contribution in [2.75, 3.05) is 20.2 Å². The van der Waals surface area contributed by atoms with E-state index < -0.39 is 8.32 Å². The summed E-state index contributed by atoms with van der Waals surface area (Å²) in [7, 11) is -0.515. The molecule has 0 aliphatic carbocycles. The van der Waals surface area contributed by atoms with Crippen molar-refractivity contribution >= 4 is 31.1 Å². The lowest BCUT2D eigenvalue weighted by Gasteiger charge is -2.38. The molecule has 3 aromatic rings. The van der Waals surface area contributed by atoms with Crippen LogP contribution in [0.15, 0.2) is 54.7 Å². The normalized spacial score (nSPS) is 16.5. The highest BCUT2D eigenvalue weighted by molar-refractivity contribution is 6.74. The molecule has 35 heavy (non-hydrogen) atoms. The lowest BCUT2D eigenvalue weighted by atomic mass is 9.98. The number of rotatable bonds is 5. The molecule has 2 heterocycles. The van der Waals surface area contributed by atoms with Gasteiger partial charge in [-0.1, -0.05) is 32.9 Å². The van der Waals surface area contributed by atoms with Gasteiger partial charge < -0.3 is 14.1 Å². The first-order chi connectivity index (χ1) is 16.5. The van der Waals surface area contributed by atoms with Crippen LogP contribution in [0.5, 0.6) is 0 Å². The molecule has 0 radical (unpaired) electrons. The zero-order valence-electron chi connectivity index (χ0n) is 21.4. The van der Waals surface area contributed by atoms with Crippen LogP contribution < -0.4 is 0 Å². The lowest BCUT2D eigenvalue weighted by molar-refractivity contribution is 0.0600. The summed E-state index contributed by atoms with van der Waals surface area (Å²) in [5.41, 5.74) is 3.86. The van der Waals surface area contributed by atoms with Gasteiger partial charge in [-0.2, -0.15) is 0 Å². The van der Waals surface area contributed by atoms with Crippen LogP contribution in [0.4, 0.5) is 0 Å². The van der Waals surface area contributed by atoms with E-state index in [0.29, 0.717) is 24.2 Å². The number of benzene rings is 2. The smallest absolute Gasteiger partial charge is 0.337 e. The first-order valence-corrected chi connectivity index (χ1v) is 15.0. The number of likely N-dealkylation sites (tertiary alicyclic amines) is 1. The van der Waals surface area contributed by atoms with Gasteiger partial charge in [0.2, 0.25) is 0 Å². The maximum Gasteiger partial charge on any atom is 0.337 e. The minimum Gasteiger partial charge on any atom is -0.465 e. The van der Waals surface area contributed by atoms with Crippen molar-refractivity contribution in [2.24, 2.45) is 0 Å². The van der Waals surface area contributed by atoms with E-state index in [1.54, 1.807) is 18.3 Å². The third kappa shape index (κ3) is 5.16. The second kappa shape index (κ2) is 9.55. The Balaban J connectivity index is 1.57. The number of fused-ring (bicyclic) bond motifs is 1. The number of aromatic nitrogens is 1. The van der Waals surface area contributed by atoms with Crippen LogP contribution in [0.2, 0.25) is 18.1 Å². The number of ether oxygens (including phenoxy) is 1. The predicted molar refractivity (Wildman–Crippen MR) is 141 cm³/mol. The van der Waals surface area contributed by atoms with Crippen molar-refractivity contribution in [3.05, 3.63) is 65.9 Å². The number of esters is 1. The number of amides is 1. The number of nitrogens with zero attached hydrogens (tertiary/aromatic N) is 2. The van der Waals surface area contributed by atoms with Crippen LogP contribution in [0.1, 0.15) is 47.9 Å². The molecule has 184 valence electrons. The van der Waals surface area contributed by atoms with E-state index in [1.807, 2.05) is 41.3 Å². The molecule has 1 atom stereocenters. The van der Waals surface area contributed by atoms with E-state index >= 15 is 0 Å². The zero-order valence-corrected chi connectivity index (χ0v) is 22.4. The zero-order chi connectivity index (χ0) is 25.4. The summed E-state index contributed by atoms with van der Waals surface area (Å²) in [5.74, 6) is -0.352. The summed E-state index contributed by atoms with van der Waals surface area (Å²) in [6.07, 6.45) is 2.72. The van der Waals surface area contributed by atoms with Crippen molar-refractivity contribution in [3.63, 3.8) is 0 Å². The molecule has 4 rings (SSSR count). The molecule has 6 nitrogen and oxygen atoms in total.